The first-order valence-electron chi connectivity index (χ1n) is 7.06. The SMILES string of the molecule is COc1cc(OC)c(OC)cc1CNC(=O)[C@@H](N)C(C)(C)C. The van der Waals surface area contributed by atoms with Crippen molar-refractivity contribution in [2.45, 2.75) is 33.4 Å². The van der Waals surface area contributed by atoms with Gasteiger partial charge in [-0.1, -0.05) is 20.8 Å². The number of carbonyl (C=O) groups excluding carboxylic acids is 1. The summed E-state index contributed by atoms with van der Waals surface area (Å²) in [6, 6.07) is 2.92. The molecule has 0 spiro atoms. The Labute approximate surface area is 131 Å². The molecule has 6 nitrogen and oxygen atoms in total. The number of nitrogens with one attached hydrogen (secondary N) is 1. The Hall–Kier alpha value is -1.95. The molecule has 1 rings (SSSR count). The number of carbonyl (C=O) groups is 1. The summed E-state index contributed by atoms with van der Waals surface area (Å²) in [4.78, 5) is 12.1. The van der Waals surface area contributed by atoms with Gasteiger partial charge in [-0.15, -0.1) is 0 Å². The maximum atomic E-state index is 12.1. The van der Waals surface area contributed by atoms with Crippen molar-refractivity contribution < 1.29 is 19.0 Å². The second kappa shape index (κ2) is 7.35. The predicted molar refractivity (Wildman–Crippen MR) is 85.4 cm³/mol. The first kappa shape index (κ1) is 18.1. The van der Waals surface area contributed by atoms with Crippen LogP contribution in [0.15, 0.2) is 12.1 Å². The van der Waals surface area contributed by atoms with Crippen molar-refractivity contribution in [1.29, 1.82) is 0 Å². The quantitative estimate of drug-likeness (QED) is 0.835. The van der Waals surface area contributed by atoms with Gasteiger partial charge in [0, 0.05) is 18.2 Å². The van der Waals surface area contributed by atoms with Crippen molar-refractivity contribution in [1.82, 2.24) is 5.32 Å². The molecule has 0 aliphatic carbocycles. The van der Waals surface area contributed by atoms with Crippen molar-refractivity contribution in [3.63, 3.8) is 0 Å². The Morgan fingerprint density at radius 3 is 2.05 bits per heavy atom. The number of hydrogen-bond acceptors (Lipinski definition) is 5. The van der Waals surface area contributed by atoms with Gasteiger partial charge in [0.15, 0.2) is 11.5 Å². The van der Waals surface area contributed by atoms with E-state index in [0.717, 1.165) is 5.56 Å². The maximum absolute atomic E-state index is 12.1. The third-order valence-electron chi connectivity index (χ3n) is 3.46. The highest BCUT2D eigenvalue weighted by atomic mass is 16.5. The summed E-state index contributed by atoms with van der Waals surface area (Å²) in [6.45, 7) is 6.07. The smallest absolute Gasteiger partial charge is 0.237 e. The van der Waals surface area contributed by atoms with Crippen molar-refractivity contribution in [2.24, 2.45) is 11.1 Å². The summed E-state index contributed by atoms with van der Waals surface area (Å²) >= 11 is 0. The third kappa shape index (κ3) is 4.27. The molecule has 1 amide bonds. The highest BCUT2D eigenvalue weighted by Crippen LogP contribution is 2.34. The molecule has 0 radical (unpaired) electrons. The molecule has 0 saturated heterocycles. The molecule has 0 aliphatic rings. The van der Waals surface area contributed by atoms with E-state index < -0.39 is 6.04 Å². The van der Waals surface area contributed by atoms with Gasteiger partial charge in [0.2, 0.25) is 5.91 Å². The molecular weight excluding hydrogens is 284 g/mol. The molecular formula is C16H26N2O4. The van der Waals surface area contributed by atoms with E-state index in [-0.39, 0.29) is 11.3 Å². The van der Waals surface area contributed by atoms with Gasteiger partial charge in [-0.3, -0.25) is 4.79 Å². The van der Waals surface area contributed by atoms with Crippen LogP contribution in [0.25, 0.3) is 0 Å². The van der Waals surface area contributed by atoms with Crippen LogP contribution in [0.1, 0.15) is 26.3 Å². The molecule has 6 heteroatoms. The molecule has 0 heterocycles. The fourth-order valence-corrected chi connectivity index (χ4v) is 1.92. The summed E-state index contributed by atoms with van der Waals surface area (Å²) in [6.07, 6.45) is 0. The van der Waals surface area contributed by atoms with Crippen molar-refractivity contribution in [3.05, 3.63) is 17.7 Å². The molecule has 22 heavy (non-hydrogen) atoms. The van der Waals surface area contributed by atoms with E-state index in [9.17, 15) is 4.79 Å². The average molecular weight is 310 g/mol. The second-order valence-corrected chi connectivity index (χ2v) is 6.08. The number of rotatable bonds is 6. The molecule has 1 aromatic carbocycles. The number of hydrogen-bond donors (Lipinski definition) is 2. The average Bonchev–Trinajstić information content (AvgIpc) is 2.49. The monoisotopic (exact) mass is 310 g/mol. The van der Waals surface area contributed by atoms with E-state index in [1.807, 2.05) is 20.8 Å². The van der Waals surface area contributed by atoms with Gasteiger partial charge >= 0.3 is 0 Å². The van der Waals surface area contributed by atoms with Crippen LogP contribution in [0.4, 0.5) is 0 Å². The first-order valence-corrected chi connectivity index (χ1v) is 7.06. The molecule has 0 saturated carbocycles. The van der Waals surface area contributed by atoms with Crippen LogP contribution in [0.5, 0.6) is 17.2 Å². The molecule has 1 aromatic rings. The minimum Gasteiger partial charge on any atom is -0.496 e. The Balaban J connectivity index is 2.91. The highest BCUT2D eigenvalue weighted by Gasteiger charge is 2.27. The van der Waals surface area contributed by atoms with Crippen LogP contribution >= 0.6 is 0 Å². The number of amides is 1. The van der Waals surface area contributed by atoms with Crippen LogP contribution in [0, 0.1) is 5.41 Å². The summed E-state index contributed by atoms with van der Waals surface area (Å²) in [7, 11) is 4.68. The Morgan fingerprint density at radius 2 is 1.59 bits per heavy atom. The molecule has 0 fully saturated rings. The fourth-order valence-electron chi connectivity index (χ4n) is 1.92. The van der Waals surface area contributed by atoms with Crippen molar-refractivity contribution >= 4 is 5.91 Å². The van der Waals surface area contributed by atoms with Crippen molar-refractivity contribution in [3.8, 4) is 17.2 Å². The second-order valence-electron chi connectivity index (χ2n) is 6.08. The van der Waals surface area contributed by atoms with Gasteiger partial charge < -0.3 is 25.3 Å². The number of benzene rings is 1. The predicted octanol–water partition coefficient (Wildman–Crippen LogP) is 1.70. The Bertz CT molecular complexity index is 524. The number of ether oxygens (including phenoxy) is 3. The summed E-state index contributed by atoms with van der Waals surface area (Å²) in [5, 5.41) is 2.83. The van der Waals surface area contributed by atoms with Gasteiger partial charge in [-0.25, -0.2) is 0 Å². The standard InChI is InChI=1S/C16H26N2O4/c1-16(2,3)14(17)15(19)18-9-10-7-12(21-5)13(22-6)8-11(10)20-4/h7-8,14H,9,17H2,1-6H3,(H,18,19)/t14-/m1/s1. The minimum atomic E-state index is -0.585. The summed E-state index contributed by atoms with van der Waals surface area (Å²) in [5.41, 5.74) is 6.43. The molecule has 3 N–H and O–H groups in total. The lowest BCUT2D eigenvalue weighted by atomic mass is 9.87. The largest absolute Gasteiger partial charge is 0.496 e. The molecule has 1 atom stereocenters. The third-order valence-corrected chi connectivity index (χ3v) is 3.46. The molecule has 0 unspecified atom stereocenters. The highest BCUT2D eigenvalue weighted by molar-refractivity contribution is 5.82. The van der Waals surface area contributed by atoms with E-state index in [1.54, 1.807) is 33.5 Å². The van der Waals surface area contributed by atoms with Crippen LogP contribution < -0.4 is 25.3 Å². The van der Waals surface area contributed by atoms with Gasteiger partial charge in [0.1, 0.15) is 5.75 Å². The van der Waals surface area contributed by atoms with Crippen LogP contribution in [-0.4, -0.2) is 33.3 Å². The maximum Gasteiger partial charge on any atom is 0.237 e. The first-order chi connectivity index (χ1) is 10.2. The van der Waals surface area contributed by atoms with E-state index in [0.29, 0.717) is 23.8 Å². The normalized spacial score (nSPS) is 12.5. The zero-order valence-electron chi connectivity index (χ0n) is 14.1. The number of methoxy groups -OCH3 is 3. The fraction of sp³-hybridized carbons (Fsp3) is 0.562. The van der Waals surface area contributed by atoms with Gasteiger partial charge in [-0.05, 0) is 11.5 Å². The summed E-state index contributed by atoms with van der Waals surface area (Å²) < 4.78 is 15.8. The van der Waals surface area contributed by atoms with Crippen LogP contribution in [-0.2, 0) is 11.3 Å². The Kier molecular flexibility index (Phi) is 6.05. The van der Waals surface area contributed by atoms with Gasteiger partial charge in [0.25, 0.3) is 0 Å². The molecule has 0 aliphatic heterocycles. The zero-order chi connectivity index (χ0) is 16.9. The lowest BCUT2D eigenvalue weighted by Gasteiger charge is -2.26. The minimum absolute atomic E-state index is 0.204. The van der Waals surface area contributed by atoms with E-state index in [2.05, 4.69) is 5.32 Å². The lowest BCUT2D eigenvalue weighted by molar-refractivity contribution is -0.124. The van der Waals surface area contributed by atoms with Gasteiger partial charge in [-0.2, -0.15) is 0 Å². The lowest BCUT2D eigenvalue weighted by Crippen LogP contribution is -2.48. The molecule has 124 valence electrons. The van der Waals surface area contributed by atoms with Crippen LogP contribution in [0.3, 0.4) is 0 Å². The van der Waals surface area contributed by atoms with Crippen molar-refractivity contribution in [2.75, 3.05) is 21.3 Å². The topological polar surface area (TPSA) is 82.8 Å². The van der Waals surface area contributed by atoms with Gasteiger partial charge in [0.05, 0.1) is 27.4 Å². The van der Waals surface area contributed by atoms with Crippen LogP contribution in [0.2, 0.25) is 0 Å². The molecule has 0 aromatic heterocycles. The van der Waals surface area contributed by atoms with E-state index in [4.69, 9.17) is 19.9 Å². The van der Waals surface area contributed by atoms with E-state index in [1.165, 1.54) is 0 Å². The van der Waals surface area contributed by atoms with E-state index >= 15 is 0 Å². The number of nitrogens with two attached hydrogens (primary N) is 1. The molecule has 0 bridgehead atoms. The Morgan fingerprint density at radius 1 is 1.09 bits per heavy atom. The zero-order valence-corrected chi connectivity index (χ0v) is 14.1. The summed E-state index contributed by atoms with van der Waals surface area (Å²) in [5.74, 6) is 1.56.